The molecule has 0 bridgehead atoms. The third-order valence-corrected chi connectivity index (χ3v) is 5.41. The minimum Gasteiger partial charge on any atom is -0.395 e. The number of amides is 3. The van der Waals surface area contributed by atoms with E-state index in [4.69, 9.17) is 11.5 Å². The standard InChI is InChI=1S/C21H20FN5O3S/c1-12(20(29)25-11-13-5-3-2-4-6-13)27(15-9-7-14(22)8-10-15)21(30)18-16(23)17(19(24)28)26-31-18/h2-10,12H,11,23H2,1H3,(H2,24,28)(H,25,29)/t12-/m0/s1. The number of nitrogens with one attached hydrogen (secondary N) is 1. The SMILES string of the molecule is C[C@@H](C(=O)NCc1ccccc1)N(C(=O)c1snc(C(N)=O)c1N)c1ccc(F)cc1. The molecule has 3 amide bonds. The maximum atomic E-state index is 13.4. The van der Waals surface area contributed by atoms with E-state index in [-0.39, 0.29) is 28.5 Å². The summed E-state index contributed by atoms with van der Waals surface area (Å²) >= 11 is 0.705. The fourth-order valence-corrected chi connectivity index (χ4v) is 3.65. The minimum absolute atomic E-state index is 0.0409. The average molecular weight is 441 g/mol. The van der Waals surface area contributed by atoms with Crippen LogP contribution < -0.4 is 21.7 Å². The Labute approximate surface area is 181 Å². The molecule has 3 aromatic rings. The van der Waals surface area contributed by atoms with Gasteiger partial charge in [0.2, 0.25) is 5.91 Å². The summed E-state index contributed by atoms with van der Waals surface area (Å²) < 4.78 is 17.3. The van der Waals surface area contributed by atoms with Crippen LogP contribution in [0.4, 0.5) is 15.8 Å². The van der Waals surface area contributed by atoms with Crippen LogP contribution in [0.15, 0.2) is 54.6 Å². The second-order valence-electron chi connectivity index (χ2n) is 6.67. The van der Waals surface area contributed by atoms with Crippen molar-refractivity contribution in [1.82, 2.24) is 9.69 Å². The van der Waals surface area contributed by atoms with E-state index in [2.05, 4.69) is 9.69 Å². The normalized spacial score (nSPS) is 11.5. The van der Waals surface area contributed by atoms with E-state index in [0.717, 1.165) is 5.56 Å². The molecule has 0 radical (unpaired) electrons. The molecular formula is C21H20FN5O3S. The van der Waals surface area contributed by atoms with Gasteiger partial charge in [-0.15, -0.1) is 0 Å². The number of carbonyl (C=O) groups excluding carboxylic acids is 3. The van der Waals surface area contributed by atoms with E-state index < -0.39 is 29.6 Å². The van der Waals surface area contributed by atoms with Gasteiger partial charge in [0.1, 0.15) is 16.7 Å². The lowest BCUT2D eigenvalue weighted by Crippen LogP contribution is -2.48. The summed E-state index contributed by atoms with van der Waals surface area (Å²) in [6, 6.07) is 13.4. The number of anilines is 2. The zero-order chi connectivity index (χ0) is 22.5. The number of nitrogen functional groups attached to an aromatic ring is 1. The van der Waals surface area contributed by atoms with Gasteiger partial charge in [-0.25, -0.2) is 4.39 Å². The Hall–Kier alpha value is -3.79. The number of benzene rings is 2. The van der Waals surface area contributed by atoms with Crippen molar-refractivity contribution in [3.8, 4) is 0 Å². The van der Waals surface area contributed by atoms with Gasteiger partial charge in [-0.05, 0) is 48.3 Å². The van der Waals surface area contributed by atoms with E-state index >= 15 is 0 Å². The highest BCUT2D eigenvalue weighted by atomic mass is 32.1. The molecule has 0 aliphatic heterocycles. The van der Waals surface area contributed by atoms with Crippen LogP contribution in [0.25, 0.3) is 0 Å². The van der Waals surface area contributed by atoms with Crippen molar-refractivity contribution in [2.75, 3.05) is 10.6 Å². The third-order valence-electron chi connectivity index (χ3n) is 4.56. The van der Waals surface area contributed by atoms with Crippen LogP contribution in [0.5, 0.6) is 0 Å². The molecule has 0 unspecified atom stereocenters. The molecule has 1 heterocycles. The lowest BCUT2D eigenvalue weighted by Gasteiger charge is -2.28. The van der Waals surface area contributed by atoms with Crippen LogP contribution in [0.3, 0.4) is 0 Å². The molecule has 0 fully saturated rings. The first kappa shape index (κ1) is 21.9. The largest absolute Gasteiger partial charge is 0.395 e. The maximum absolute atomic E-state index is 13.4. The van der Waals surface area contributed by atoms with Crippen LogP contribution in [0.1, 0.15) is 32.6 Å². The molecule has 0 saturated heterocycles. The summed E-state index contributed by atoms with van der Waals surface area (Å²) in [7, 11) is 0. The van der Waals surface area contributed by atoms with Gasteiger partial charge in [0.15, 0.2) is 5.69 Å². The number of halogens is 1. The summed E-state index contributed by atoms with van der Waals surface area (Å²) in [5.41, 5.74) is 11.9. The number of nitrogens with two attached hydrogens (primary N) is 2. The summed E-state index contributed by atoms with van der Waals surface area (Å²) in [5, 5.41) is 2.78. The highest BCUT2D eigenvalue weighted by Crippen LogP contribution is 2.27. The monoisotopic (exact) mass is 441 g/mol. The average Bonchev–Trinajstić information content (AvgIpc) is 3.15. The molecule has 10 heteroatoms. The molecule has 31 heavy (non-hydrogen) atoms. The molecule has 2 aromatic carbocycles. The van der Waals surface area contributed by atoms with E-state index in [9.17, 15) is 18.8 Å². The van der Waals surface area contributed by atoms with E-state index in [1.54, 1.807) is 0 Å². The zero-order valence-electron chi connectivity index (χ0n) is 16.5. The Morgan fingerprint density at radius 1 is 1.13 bits per heavy atom. The fourth-order valence-electron chi connectivity index (χ4n) is 2.91. The smallest absolute Gasteiger partial charge is 0.272 e. The molecule has 0 aliphatic carbocycles. The first-order valence-corrected chi connectivity index (χ1v) is 10.0. The summed E-state index contributed by atoms with van der Waals surface area (Å²) in [6.45, 7) is 1.80. The van der Waals surface area contributed by atoms with Crippen molar-refractivity contribution in [2.24, 2.45) is 5.73 Å². The van der Waals surface area contributed by atoms with Gasteiger partial charge >= 0.3 is 0 Å². The molecule has 1 aromatic heterocycles. The first-order valence-electron chi connectivity index (χ1n) is 9.25. The van der Waals surface area contributed by atoms with Crippen molar-refractivity contribution in [3.05, 3.63) is 76.5 Å². The predicted octanol–water partition coefficient (Wildman–Crippen LogP) is 2.32. The van der Waals surface area contributed by atoms with Crippen LogP contribution in [0.2, 0.25) is 0 Å². The van der Waals surface area contributed by atoms with E-state index in [0.29, 0.717) is 11.5 Å². The second kappa shape index (κ2) is 9.35. The van der Waals surface area contributed by atoms with Gasteiger partial charge in [-0.2, -0.15) is 4.37 Å². The second-order valence-corrected chi connectivity index (χ2v) is 7.44. The van der Waals surface area contributed by atoms with Crippen molar-refractivity contribution in [2.45, 2.75) is 19.5 Å². The van der Waals surface area contributed by atoms with Gasteiger partial charge in [-0.3, -0.25) is 19.3 Å². The van der Waals surface area contributed by atoms with Gasteiger partial charge in [0, 0.05) is 12.2 Å². The zero-order valence-corrected chi connectivity index (χ0v) is 17.4. The molecule has 5 N–H and O–H groups in total. The van der Waals surface area contributed by atoms with Crippen molar-refractivity contribution >= 4 is 40.6 Å². The molecular weight excluding hydrogens is 421 g/mol. The van der Waals surface area contributed by atoms with Crippen LogP contribution in [-0.2, 0) is 11.3 Å². The van der Waals surface area contributed by atoms with Crippen molar-refractivity contribution in [1.29, 1.82) is 0 Å². The lowest BCUT2D eigenvalue weighted by atomic mass is 10.1. The maximum Gasteiger partial charge on any atom is 0.272 e. The van der Waals surface area contributed by atoms with Gasteiger partial charge in [-0.1, -0.05) is 30.3 Å². The molecule has 1 atom stereocenters. The Kier molecular flexibility index (Phi) is 6.61. The van der Waals surface area contributed by atoms with Crippen LogP contribution in [0, 0.1) is 5.82 Å². The van der Waals surface area contributed by atoms with Crippen LogP contribution in [-0.4, -0.2) is 28.1 Å². The number of primary amides is 1. The van der Waals surface area contributed by atoms with Gasteiger partial charge < -0.3 is 16.8 Å². The van der Waals surface area contributed by atoms with Crippen LogP contribution >= 0.6 is 11.5 Å². The predicted molar refractivity (Wildman–Crippen MR) is 116 cm³/mol. The summed E-state index contributed by atoms with van der Waals surface area (Å²) in [4.78, 5) is 38.7. The first-order chi connectivity index (χ1) is 14.8. The fraction of sp³-hybridized carbons (Fsp3) is 0.143. The third kappa shape index (κ3) is 4.86. The summed E-state index contributed by atoms with van der Waals surface area (Å²) in [5.74, 6) is -2.45. The highest BCUT2D eigenvalue weighted by Gasteiger charge is 2.32. The van der Waals surface area contributed by atoms with E-state index in [1.165, 1.54) is 36.1 Å². The molecule has 0 aliphatic rings. The topological polar surface area (TPSA) is 131 Å². The molecule has 160 valence electrons. The van der Waals surface area contributed by atoms with Crippen molar-refractivity contribution in [3.63, 3.8) is 0 Å². The molecule has 0 spiro atoms. The Bertz CT molecular complexity index is 1100. The quantitative estimate of drug-likeness (QED) is 0.518. The van der Waals surface area contributed by atoms with Gasteiger partial charge in [0.05, 0.1) is 5.69 Å². The number of hydrogen-bond donors (Lipinski definition) is 3. The highest BCUT2D eigenvalue weighted by molar-refractivity contribution is 7.09. The number of carbonyl (C=O) groups is 3. The Morgan fingerprint density at radius 2 is 1.77 bits per heavy atom. The number of hydrogen-bond acceptors (Lipinski definition) is 6. The van der Waals surface area contributed by atoms with Crippen molar-refractivity contribution < 1.29 is 18.8 Å². The number of rotatable bonds is 7. The molecule has 8 nitrogen and oxygen atoms in total. The molecule has 3 rings (SSSR count). The minimum atomic E-state index is -0.972. The van der Waals surface area contributed by atoms with E-state index in [1.807, 2.05) is 30.3 Å². The summed E-state index contributed by atoms with van der Waals surface area (Å²) in [6.07, 6.45) is 0. The Balaban J connectivity index is 1.90. The lowest BCUT2D eigenvalue weighted by molar-refractivity contribution is -0.122. The number of aromatic nitrogens is 1. The number of nitrogens with zero attached hydrogens (tertiary/aromatic N) is 2. The van der Waals surface area contributed by atoms with Gasteiger partial charge in [0.25, 0.3) is 11.8 Å². The molecule has 0 saturated carbocycles. The Morgan fingerprint density at radius 3 is 2.35 bits per heavy atom.